The average molecular weight is 266 g/mol. The van der Waals surface area contributed by atoms with Gasteiger partial charge in [0.1, 0.15) is 0 Å². The highest BCUT2D eigenvalue weighted by Crippen LogP contribution is 2.18. The molecule has 5 heteroatoms. The van der Waals surface area contributed by atoms with Gasteiger partial charge in [0.05, 0.1) is 6.54 Å². The fourth-order valence-electron chi connectivity index (χ4n) is 2.73. The minimum atomic E-state index is 0.569. The third-order valence-electron chi connectivity index (χ3n) is 4.28. The van der Waals surface area contributed by atoms with Crippen molar-refractivity contribution in [3.63, 3.8) is 0 Å². The van der Waals surface area contributed by atoms with E-state index < -0.39 is 0 Å². The van der Waals surface area contributed by atoms with E-state index in [4.69, 9.17) is 4.52 Å². The van der Waals surface area contributed by atoms with Gasteiger partial charge < -0.3 is 9.84 Å². The van der Waals surface area contributed by atoms with Crippen LogP contribution in [0.4, 0.5) is 0 Å². The summed E-state index contributed by atoms with van der Waals surface area (Å²) in [5.41, 5.74) is 0. The van der Waals surface area contributed by atoms with Crippen LogP contribution in [0.2, 0.25) is 0 Å². The maximum atomic E-state index is 5.07. The van der Waals surface area contributed by atoms with E-state index in [0.717, 1.165) is 31.9 Å². The highest BCUT2D eigenvalue weighted by molar-refractivity contribution is 4.92. The summed E-state index contributed by atoms with van der Waals surface area (Å²) >= 11 is 0. The number of aromatic nitrogens is 2. The number of hydrogen-bond acceptors (Lipinski definition) is 5. The van der Waals surface area contributed by atoms with Gasteiger partial charge in [-0.15, -0.1) is 0 Å². The third-order valence-corrected chi connectivity index (χ3v) is 4.28. The fourth-order valence-corrected chi connectivity index (χ4v) is 2.73. The summed E-state index contributed by atoms with van der Waals surface area (Å²) < 4.78 is 5.07. The highest BCUT2D eigenvalue weighted by Gasteiger charge is 2.29. The number of nitrogens with one attached hydrogen (secondary N) is 1. The van der Waals surface area contributed by atoms with Gasteiger partial charge in [-0.25, -0.2) is 0 Å². The molecule has 0 amide bonds. The van der Waals surface area contributed by atoms with E-state index in [-0.39, 0.29) is 0 Å². The van der Waals surface area contributed by atoms with Crippen molar-refractivity contribution in [3.05, 3.63) is 11.7 Å². The lowest BCUT2D eigenvalue weighted by Gasteiger charge is -2.41. The summed E-state index contributed by atoms with van der Waals surface area (Å²) in [6.07, 6.45) is 2.36. The lowest BCUT2D eigenvalue weighted by atomic mass is 9.95. The molecule has 0 radical (unpaired) electrons. The molecule has 0 aliphatic carbocycles. The Balaban J connectivity index is 2.01. The molecule has 2 heterocycles. The molecule has 1 aliphatic heterocycles. The normalized spacial score (nSPS) is 26.5. The minimum absolute atomic E-state index is 0.569. The van der Waals surface area contributed by atoms with Crippen molar-refractivity contribution < 1.29 is 4.52 Å². The van der Waals surface area contributed by atoms with Gasteiger partial charge in [-0.2, -0.15) is 4.98 Å². The van der Waals surface area contributed by atoms with Crippen LogP contribution in [-0.2, 0) is 6.54 Å². The van der Waals surface area contributed by atoms with Crippen molar-refractivity contribution in [2.75, 3.05) is 13.1 Å². The fraction of sp³-hybridized carbons (Fsp3) is 0.857. The summed E-state index contributed by atoms with van der Waals surface area (Å²) in [5, 5.41) is 7.71. The number of hydrogen-bond donors (Lipinski definition) is 1. The van der Waals surface area contributed by atoms with Crippen molar-refractivity contribution >= 4 is 0 Å². The summed E-state index contributed by atoms with van der Waals surface area (Å²) in [6, 6.07) is 1.14. The summed E-state index contributed by atoms with van der Waals surface area (Å²) in [7, 11) is 0. The van der Waals surface area contributed by atoms with E-state index in [1.165, 1.54) is 6.42 Å². The highest BCUT2D eigenvalue weighted by atomic mass is 16.5. The maximum Gasteiger partial charge on any atom is 0.223 e. The number of piperazine rings is 1. The molecule has 0 saturated carbocycles. The molecular formula is C14H26N4O. The Morgan fingerprint density at radius 1 is 1.47 bits per heavy atom. The first kappa shape index (κ1) is 14.5. The SMILES string of the molecule is CCC(C)C1CN(Cc2noc(C)n2)C(CC)CN1. The van der Waals surface area contributed by atoms with Crippen LogP contribution in [0.5, 0.6) is 0 Å². The molecule has 1 fully saturated rings. The molecule has 0 bridgehead atoms. The van der Waals surface area contributed by atoms with Crippen LogP contribution in [0.3, 0.4) is 0 Å². The van der Waals surface area contributed by atoms with Crippen molar-refractivity contribution in [1.29, 1.82) is 0 Å². The number of rotatable bonds is 5. The average Bonchev–Trinajstić information content (AvgIpc) is 2.83. The molecule has 1 aromatic heterocycles. The maximum absolute atomic E-state index is 5.07. The second kappa shape index (κ2) is 6.48. The quantitative estimate of drug-likeness (QED) is 0.883. The number of nitrogens with zero attached hydrogens (tertiary/aromatic N) is 3. The Bertz CT molecular complexity index is 393. The monoisotopic (exact) mass is 266 g/mol. The second-order valence-corrected chi connectivity index (χ2v) is 5.62. The van der Waals surface area contributed by atoms with E-state index in [0.29, 0.717) is 23.9 Å². The van der Waals surface area contributed by atoms with E-state index in [1.54, 1.807) is 0 Å². The predicted octanol–water partition coefficient (Wildman–Crippen LogP) is 1.98. The van der Waals surface area contributed by atoms with Crippen molar-refractivity contribution in [2.45, 2.75) is 59.2 Å². The molecular weight excluding hydrogens is 240 g/mol. The van der Waals surface area contributed by atoms with Gasteiger partial charge in [0.2, 0.25) is 5.89 Å². The van der Waals surface area contributed by atoms with Crippen LogP contribution >= 0.6 is 0 Å². The van der Waals surface area contributed by atoms with Gasteiger partial charge >= 0.3 is 0 Å². The van der Waals surface area contributed by atoms with Gasteiger partial charge in [-0.3, -0.25) is 4.90 Å². The summed E-state index contributed by atoms with van der Waals surface area (Å²) in [6.45, 7) is 11.6. The molecule has 3 atom stereocenters. The number of aryl methyl sites for hydroxylation is 1. The largest absolute Gasteiger partial charge is 0.340 e. The zero-order valence-corrected chi connectivity index (χ0v) is 12.5. The molecule has 1 aromatic rings. The van der Waals surface area contributed by atoms with Crippen molar-refractivity contribution in [1.82, 2.24) is 20.4 Å². The smallest absolute Gasteiger partial charge is 0.223 e. The van der Waals surface area contributed by atoms with Crippen LogP contribution in [-0.4, -0.2) is 40.2 Å². The van der Waals surface area contributed by atoms with Gasteiger partial charge in [0.25, 0.3) is 0 Å². The molecule has 5 nitrogen and oxygen atoms in total. The third kappa shape index (κ3) is 3.54. The van der Waals surface area contributed by atoms with E-state index in [9.17, 15) is 0 Å². The lowest BCUT2D eigenvalue weighted by Crippen LogP contribution is -2.57. The van der Waals surface area contributed by atoms with Crippen LogP contribution in [0, 0.1) is 12.8 Å². The van der Waals surface area contributed by atoms with E-state index in [1.807, 2.05) is 6.92 Å². The minimum Gasteiger partial charge on any atom is -0.340 e. The zero-order chi connectivity index (χ0) is 13.8. The zero-order valence-electron chi connectivity index (χ0n) is 12.5. The van der Waals surface area contributed by atoms with Crippen molar-refractivity contribution in [2.24, 2.45) is 5.92 Å². The first-order chi connectivity index (χ1) is 9.13. The molecule has 1 N–H and O–H groups in total. The first-order valence-corrected chi connectivity index (χ1v) is 7.40. The lowest BCUT2D eigenvalue weighted by molar-refractivity contribution is 0.0959. The van der Waals surface area contributed by atoms with E-state index >= 15 is 0 Å². The Hall–Kier alpha value is -0.940. The standard InChI is InChI=1S/C14H26N4O/c1-5-10(3)13-8-18(12(6-2)7-15-13)9-14-16-11(4)19-17-14/h10,12-13,15H,5-9H2,1-4H3. The van der Waals surface area contributed by atoms with Crippen LogP contribution in [0.1, 0.15) is 45.3 Å². The van der Waals surface area contributed by atoms with Gasteiger partial charge in [0.15, 0.2) is 5.82 Å². The predicted molar refractivity (Wildman–Crippen MR) is 74.8 cm³/mol. The van der Waals surface area contributed by atoms with Crippen LogP contribution in [0.15, 0.2) is 4.52 Å². The van der Waals surface area contributed by atoms with Gasteiger partial charge in [-0.05, 0) is 12.3 Å². The Morgan fingerprint density at radius 2 is 2.26 bits per heavy atom. The molecule has 19 heavy (non-hydrogen) atoms. The van der Waals surface area contributed by atoms with Crippen LogP contribution < -0.4 is 5.32 Å². The molecule has 1 saturated heterocycles. The first-order valence-electron chi connectivity index (χ1n) is 7.40. The Labute approximate surface area is 115 Å². The van der Waals surface area contributed by atoms with Gasteiger partial charge in [-0.1, -0.05) is 32.3 Å². The topological polar surface area (TPSA) is 54.2 Å². The molecule has 3 unspecified atom stereocenters. The molecule has 0 spiro atoms. The molecule has 2 rings (SSSR count). The van der Waals surface area contributed by atoms with Gasteiger partial charge in [0, 0.05) is 32.1 Å². The summed E-state index contributed by atoms with van der Waals surface area (Å²) in [4.78, 5) is 6.82. The Morgan fingerprint density at radius 3 is 2.84 bits per heavy atom. The van der Waals surface area contributed by atoms with Crippen LogP contribution in [0.25, 0.3) is 0 Å². The summed E-state index contributed by atoms with van der Waals surface area (Å²) in [5.74, 6) is 2.16. The molecule has 108 valence electrons. The Kier molecular flexibility index (Phi) is 4.93. The van der Waals surface area contributed by atoms with Crippen molar-refractivity contribution in [3.8, 4) is 0 Å². The molecule has 1 aliphatic rings. The second-order valence-electron chi connectivity index (χ2n) is 5.62. The molecule has 0 aromatic carbocycles. The van der Waals surface area contributed by atoms with E-state index in [2.05, 4.69) is 41.1 Å².